The molecule has 0 spiro atoms. The molecule has 0 aliphatic rings. The van der Waals surface area contributed by atoms with Gasteiger partial charge in [-0.25, -0.2) is 0 Å². The predicted molar refractivity (Wildman–Crippen MR) is 28.5 cm³/mol. The van der Waals surface area contributed by atoms with Crippen LogP contribution in [0.15, 0.2) is 0 Å². The minimum Gasteiger partial charge on any atom is -0.550 e. The van der Waals surface area contributed by atoms with Gasteiger partial charge in [0, 0.05) is 11.9 Å². The van der Waals surface area contributed by atoms with Gasteiger partial charge >= 0.3 is 21.1 Å². The molecule has 0 rings (SSSR count). The second kappa shape index (κ2) is 7.73. The smallest absolute Gasteiger partial charge is 0.550 e. The van der Waals surface area contributed by atoms with E-state index in [1.54, 1.807) is 0 Å². The summed E-state index contributed by atoms with van der Waals surface area (Å²) in [4.78, 5) is 19.5. The summed E-state index contributed by atoms with van der Waals surface area (Å²) in [6.45, 7) is 0. The van der Waals surface area contributed by atoms with Crippen molar-refractivity contribution in [1.29, 1.82) is 0 Å². The fourth-order valence-corrected chi connectivity index (χ4v) is 0.539. The fourth-order valence-electron chi connectivity index (χ4n) is 0.539. The average Bonchev–Trinajstić information content (AvgIpc) is 1.79. The van der Waals surface area contributed by atoms with E-state index in [4.69, 9.17) is 0 Å². The molecule has 0 bridgehead atoms. The minimum atomic E-state index is -1.14. The van der Waals surface area contributed by atoms with Gasteiger partial charge in [0.25, 0.3) is 0 Å². The number of carboxylic acids is 2. The summed E-state index contributed by atoms with van der Waals surface area (Å²) in [5.74, 6) is -2.28. The Bertz CT molecular complexity index is 119. The summed E-state index contributed by atoms with van der Waals surface area (Å²) in [5, 5.41) is 19.5. The fraction of sp³-hybridized carbons (Fsp3) is 0.667. The number of rotatable bonds is 5. The van der Waals surface area contributed by atoms with Gasteiger partial charge in [0.1, 0.15) is 0 Å². The van der Waals surface area contributed by atoms with Crippen molar-refractivity contribution < 1.29 is 40.9 Å². The number of unbranched alkanes of at least 4 members (excludes halogenated alkanes) is 1. The third-order valence-corrected chi connectivity index (χ3v) is 1.01. The van der Waals surface area contributed by atoms with Crippen LogP contribution in [0.1, 0.15) is 25.7 Å². The van der Waals surface area contributed by atoms with Crippen LogP contribution in [0.4, 0.5) is 0 Å². The van der Waals surface area contributed by atoms with Crippen LogP contribution < -0.4 is 10.2 Å². The van der Waals surface area contributed by atoms with Gasteiger partial charge in [-0.3, -0.25) is 0 Å². The van der Waals surface area contributed by atoms with Gasteiger partial charge in [0.15, 0.2) is 0 Å². The van der Waals surface area contributed by atoms with Gasteiger partial charge in [0.05, 0.1) is 0 Å². The third kappa shape index (κ3) is 12.8. The molecule has 0 atom stereocenters. The zero-order valence-corrected chi connectivity index (χ0v) is 8.05. The molecular weight excluding hydrogens is 331 g/mol. The molecule has 0 saturated heterocycles. The summed E-state index contributed by atoms with van der Waals surface area (Å²) in [6, 6.07) is 0. The standard InChI is InChI=1S/C6H10O4.Pt/c7-5(8)3-1-2-4-6(9)10;/h1-4H2,(H,7,8)(H,9,10);/q;+2/p-2. The predicted octanol–water partition coefficient (Wildman–Crippen LogP) is -1.96. The number of carbonyl (C=O) groups excluding carboxylic acids is 2. The summed E-state index contributed by atoms with van der Waals surface area (Å²) in [7, 11) is 0. The SMILES string of the molecule is O=C([O-])CCCCC(=O)[O-].[Pt+2]. The molecule has 0 unspecified atom stereocenters. The Morgan fingerprint density at radius 1 is 0.909 bits per heavy atom. The molecule has 0 saturated carbocycles. The van der Waals surface area contributed by atoms with E-state index in [0.29, 0.717) is 12.8 Å². The second-order valence-electron chi connectivity index (χ2n) is 1.95. The van der Waals surface area contributed by atoms with E-state index in [-0.39, 0.29) is 33.9 Å². The zero-order valence-electron chi connectivity index (χ0n) is 5.78. The van der Waals surface area contributed by atoms with E-state index in [1.807, 2.05) is 0 Å². The van der Waals surface area contributed by atoms with Gasteiger partial charge in [0.2, 0.25) is 0 Å². The van der Waals surface area contributed by atoms with E-state index >= 15 is 0 Å². The van der Waals surface area contributed by atoms with Gasteiger partial charge in [-0.05, 0) is 25.7 Å². The quantitative estimate of drug-likeness (QED) is 0.545. The van der Waals surface area contributed by atoms with Crippen molar-refractivity contribution in [2.75, 3.05) is 0 Å². The largest absolute Gasteiger partial charge is 2.00 e. The van der Waals surface area contributed by atoms with Crippen LogP contribution >= 0.6 is 0 Å². The minimum absolute atomic E-state index is 0. The number of hydrogen-bond acceptors (Lipinski definition) is 4. The molecule has 0 fully saturated rings. The van der Waals surface area contributed by atoms with Crippen molar-refractivity contribution in [2.24, 2.45) is 0 Å². The van der Waals surface area contributed by atoms with E-state index in [0.717, 1.165) is 0 Å². The van der Waals surface area contributed by atoms with Crippen molar-refractivity contribution in [2.45, 2.75) is 25.7 Å². The molecule has 0 heterocycles. The molecule has 5 heteroatoms. The first kappa shape index (κ1) is 13.2. The number of hydrogen-bond donors (Lipinski definition) is 0. The summed E-state index contributed by atoms with van der Waals surface area (Å²) in [6.07, 6.45) is 0.535. The Balaban J connectivity index is 0. The van der Waals surface area contributed by atoms with E-state index < -0.39 is 11.9 Å². The average molecular weight is 339 g/mol. The Hall–Kier alpha value is -0.372. The first-order valence-electron chi connectivity index (χ1n) is 3.02. The Morgan fingerprint density at radius 2 is 1.18 bits per heavy atom. The van der Waals surface area contributed by atoms with Crippen LogP contribution in [0, 0.1) is 0 Å². The van der Waals surface area contributed by atoms with Crippen LogP contribution in [-0.4, -0.2) is 11.9 Å². The van der Waals surface area contributed by atoms with Crippen molar-refractivity contribution in [3.05, 3.63) is 0 Å². The van der Waals surface area contributed by atoms with Crippen LogP contribution in [0.5, 0.6) is 0 Å². The maximum atomic E-state index is 9.77. The number of carbonyl (C=O) groups is 2. The topological polar surface area (TPSA) is 80.3 Å². The van der Waals surface area contributed by atoms with Gasteiger partial charge < -0.3 is 19.8 Å². The maximum Gasteiger partial charge on any atom is 2.00 e. The van der Waals surface area contributed by atoms with Gasteiger partial charge in [-0.15, -0.1) is 0 Å². The molecule has 4 nitrogen and oxygen atoms in total. The van der Waals surface area contributed by atoms with Crippen molar-refractivity contribution in [3.8, 4) is 0 Å². The molecule has 0 aromatic carbocycles. The first-order valence-corrected chi connectivity index (χ1v) is 3.02. The van der Waals surface area contributed by atoms with Crippen molar-refractivity contribution in [3.63, 3.8) is 0 Å². The molecule has 0 radical (unpaired) electrons. The molecular formula is C6H8O4Pt. The Kier molecular flexibility index (Phi) is 9.30. The summed E-state index contributed by atoms with van der Waals surface area (Å²) in [5.41, 5.74) is 0. The van der Waals surface area contributed by atoms with Crippen LogP contribution in [-0.2, 0) is 30.7 Å². The zero-order chi connectivity index (χ0) is 7.98. The van der Waals surface area contributed by atoms with Crippen LogP contribution in [0.2, 0.25) is 0 Å². The van der Waals surface area contributed by atoms with Gasteiger partial charge in [-0.2, -0.15) is 0 Å². The normalized spacial score (nSPS) is 8.36. The number of carboxylic acid groups (broad SMARTS) is 2. The second-order valence-corrected chi connectivity index (χ2v) is 1.95. The van der Waals surface area contributed by atoms with Crippen molar-refractivity contribution >= 4 is 11.9 Å². The van der Waals surface area contributed by atoms with Crippen molar-refractivity contribution in [1.82, 2.24) is 0 Å². The molecule has 0 aromatic heterocycles. The monoisotopic (exact) mass is 339 g/mol. The van der Waals surface area contributed by atoms with Crippen LogP contribution in [0.3, 0.4) is 0 Å². The third-order valence-electron chi connectivity index (χ3n) is 1.01. The number of aliphatic carboxylic acids is 2. The first-order chi connectivity index (χ1) is 4.63. The van der Waals surface area contributed by atoms with E-state index in [2.05, 4.69) is 0 Å². The Morgan fingerprint density at radius 3 is 1.36 bits per heavy atom. The van der Waals surface area contributed by atoms with Crippen LogP contribution in [0.25, 0.3) is 0 Å². The molecule has 11 heavy (non-hydrogen) atoms. The Labute approximate surface area is 78.9 Å². The molecule has 0 amide bonds. The summed E-state index contributed by atoms with van der Waals surface area (Å²) < 4.78 is 0. The molecule has 0 aliphatic carbocycles. The van der Waals surface area contributed by atoms with Gasteiger partial charge in [-0.1, -0.05) is 0 Å². The molecule has 0 aromatic rings. The van der Waals surface area contributed by atoms with E-state index in [9.17, 15) is 19.8 Å². The summed E-state index contributed by atoms with van der Waals surface area (Å²) >= 11 is 0. The molecule has 66 valence electrons. The molecule has 0 N–H and O–H groups in total. The maximum absolute atomic E-state index is 9.77. The van der Waals surface area contributed by atoms with E-state index in [1.165, 1.54) is 0 Å². The molecule has 0 aliphatic heterocycles.